The Morgan fingerprint density at radius 2 is 1.68 bits per heavy atom. The topological polar surface area (TPSA) is 93.3 Å². The Morgan fingerprint density at radius 3 is 2.34 bits per heavy atom. The van der Waals surface area contributed by atoms with Crippen molar-refractivity contribution in [3.8, 4) is 0 Å². The zero-order valence-electron chi connectivity index (χ0n) is 28.2. The van der Waals surface area contributed by atoms with Crippen LogP contribution in [0, 0.1) is 5.92 Å². The fourth-order valence-electron chi connectivity index (χ4n) is 7.93. The number of nitrogens with one attached hydrogen (secondary N) is 1. The number of hydrogen-bond donors (Lipinski definition) is 1. The molecule has 258 valence electrons. The number of carbonyl (C=O) groups excluding carboxylic acids is 2. The molecule has 2 aromatic rings. The molecule has 2 aliphatic heterocycles. The first-order valence-corrected chi connectivity index (χ1v) is 19.6. The van der Waals surface area contributed by atoms with Crippen LogP contribution < -0.4 is 5.32 Å². The van der Waals surface area contributed by atoms with Crippen molar-refractivity contribution in [2.45, 2.75) is 83.0 Å². The Hall–Kier alpha value is -2.50. The lowest BCUT2D eigenvalue weighted by Crippen LogP contribution is -2.58. The van der Waals surface area contributed by atoms with Gasteiger partial charge in [-0.15, -0.1) is 0 Å². The zero-order valence-corrected chi connectivity index (χ0v) is 29.8. The quantitative estimate of drug-likeness (QED) is 0.329. The van der Waals surface area contributed by atoms with Crippen molar-refractivity contribution in [2.75, 3.05) is 52.6 Å². The van der Waals surface area contributed by atoms with Crippen LogP contribution in [0.25, 0.3) is 0 Å². The Kier molecular flexibility index (Phi) is 12.4. The number of piperazine rings is 1. The third-order valence-electron chi connectivity index (χ3n) is 10.5. The number of amides is 2. The average Bonchev–Trinajstić information content (AvgIpc) is 3.37. The van der Waals surface area contributed by atoms with Gasteiger partial charge in [-0.05, 0) is 61.1 Å². The molecule has 0 radical (unpaired) electrons. The monoisotopic (exact) mass is 685 g/mol. The van der Waals surface area contributed by atoms with Crippen molar-refractivity contribution in [1.82, 2.24) is 24.3 Å². The third kappa shape index (κ3) is 9.35. The summed E-state index contributed by atoms with van der Waals surface area (Å²) in [5.74, 6) is 0.352. The first-order valence-electron chi connectivity index (χ1n) is 17.3. The van der Waals surface area contributed by atoms with Gasteiger partial charge >= 0.3 is 0 Å². The first-order chi connectivity index (χ1) is 22.5. The highest BCUT2D eigenvalue weighted by atomic mass is 35.5. The number of halogens is 1. The Morgan fingerprint density at radius 1 is 1.00 bits per heavy atom. The lowest BCUT2D eigenvalue weighted by Gasteiger charge is -2.44. The number of carbonyl (C=O) groups is 2. The third-order valence-corrected chi connectivity index (χ3v) is 12.1. The van der Waals surface area contributed by atoms with Crippen molar-refractivity contribution in [3.63, 3.8) is 0 Å². The van der Waals surface area contributed by atoms with Crippen molar-refractivity contribution in [3.05, 3.63) is 70.2 Å². The molecule has 3 aliphatic rings. The van der Waals surface area contributed by atoms with Crippen LogP contribution in [0.15, 0.2) is 48.5 Å². The van der Waals surface area contributed by atoms with E-state index in [1.807, 2.05) is 55.3 Å². The molecule has 47 heavy (non-hydrogen) atoms. The predicted octanol–water partition coefficient (Wildman–Crippen LogP) is 4.71. The average molecular weight is 686 g/mol. The molecular weight excluding hydrogens is 634 g/mol. The van der Waals surface area contributed by atoms with Gasteiger partial charge < -0.3 is 10.2 Å². The van der Waals surface area contributed by atoms with Gasteiger partial charge in [0.1, 0.15) is 6.04 Å². The number of nitrogens with zero attached hydrogens (tertiary/aromatic N) is 4. The largest absolute Gasteiger partial charge is 0.344 e. The first kappa shape index (κ1) is 35.8. The number of rotatable bonds is 13. The molecule has 1 N–H and O–H groups in total. The van der Waals surface area contributed by atoms with Gasteiger partial charge in [-0.25, -0.2) is 12.7 Å². The summed E-state index contributed by atoms with van der Waals surface area (Å²) in [5.41, 5.74) is 3.36. The SMILES string of the molecule is CCN(CCC(C1CCCCC1)N1CCN(C(=O)[C@@H](Cc2ccc(Cl)cc2)NC(=O)CC2c3ccccc3CN2C)CC1)S(C)(=O)=O. The molecule has 1 saturated heterocycles. The molecule has 1 aliphatic carbocycles. The number of fused-ring (bicyclic) bond motifs is 1. The summed E-state index contributed by atoms with van der Waals surface area (Å²) in [6.07, 6.45) is 8.82. The standard InChI is InChI=1S/C36H52ClN5O4S/c1-4-42(47(3,45)46)19-18-33(28-10-6-5-7-11-28)40-20-22-41(23-21-40)36(44)32(24-27-14-16-30(37)17-15-27)38-35(43)25-34-31-13-9-8-12-29(31)26-39(34)2/h8-9,12-17,28,32-34H,4-7,10-11,18-26H2,1-3H3,(H,38,43)/t32-,33?,34?/m1/s1. The van der Waals surface area contributed by atoms with Crippen LogP contribution in [0.1, 0.15) is 74.6 Å². The maximum absolute atomic E-state index is 14.1. The van der Waals surface area contributed by atoms with Crippen LogP contribution in [0.3, 0.4) is 0 Å². The molecular formula is C36H52ClN5O4S. The Balaban J connectivity index is 1.25. The van der Waals surface area contributed by atoms with Gasteiger partial charge in [0, 0.05) is 75.8 Å². The van der Waals surface area contributed by atoms with Gasteiger partial charge in [-0.2, -0.15) is 0 Å². The van der Waals surface area contributed by atoms with Crippen molar-refractivity contribution in [1.29, 1.82) is 0 Å². The van der Waals surface area contributed by atoms with Gasteiger partial charge in [0.2, 0.25) is 21.8 Å². The highest BCUT2D eigenvalue weighted by Crippen LogP contribution is 2.35. The van der Waals surface area contributed by atoms with E-state index < -0.39 is 16.1 Å². The Labute approximate surface area is 286 Å². The summed E-state index contributed by atoms with van der Waals surface area (Å²) in [6.45, 7) is 6.33. The molecule has 0 spiro atoms. The molecule has 0 bridgehead atoms. The highest BCUT2D eigenvalue weighted by Gasteiger charge is 2.36. The van der Waals surface area contributed by atoms with Gasteiger partial charge in [-0.3, -0.25) is 19.4 Å². The second-order valence-corrected chi connectivity index (χ2v) is 16.1. The minimum absolute atomic E-state index is 0.0240. The fourth-order valence-corrected chi connectivity index (χ4v) is 8.97. The maximum Gasteiger partial charge on any atom is 0.245 e. The van der Waals surface area contributed by atoms with E-state index in [1.54, 1.807) is 4.31 Å². The highest BCUT2D eigenvalue weighted by molar-refractivity contribution is 7.88. The summed E-state index contributed by atoms with van der Waals surface area (Å²) >= 11 is 6.15. The molecule has 2 amide bonds. The number of sulfonamides is 1. The van der Waals surface area contributed by atoms with Gasteiger partial charge in [0.15, 0.2) is 0 Å². The normalized spacial score (nSPS) is 21.0. The number of hydrogen-bond acceptors (Lipinski definition) is 6. The predicted molar refractivity (Wildman–Crippen MR) is 188 cm³/mol. The van der Waals surface area contributed by atoms with E-state index in [0.717, 1.165) is 31.6 Å². The van der Waals surface area contributed by atoms with E-state index >= 15 is 0 Å². The van der Waals surface area contributed by atoms with Crippen molar-refractivity contribution >= 4 is 33.4 Å². The molecule has 0 aromatic heterocycles. The molecule has 2 unspecified atom stereocenters. The van der Waals surface area contributed by atoms with E-state index in [0.29, 0.717) is 49.6 Å². The van der Waals surface area contributed by atoms with E-state index in [9.17, 15) is 18.0 Å². The second-order valence-electron chi connectivity index (χ2n) is 13.7. The molecule has 2 heterocycles. The molecule has 1 saturated carbocycles. The van der Waals surface area contributed by atoms with Crippen molar-refractivity contribution in [2.24, 2.45) is 5.92 Å². The van der Waals surface area contributed by atoms with E-state index in [2.05, 4.69) is 27.2 Å². The van der Waals surface area contributed by atoms with Crippen LogP contribution in [0.4, 0.5) is 0 Å². The summed E-state index contributed by atoms with van der Waals surface area (Å²) in [6, 6.07) is 15.3. The lowest BCUT2D eigenvalue weighted by atomic mass is 9.81. The Bertz CT molecular complexity index is 1460. The van der Waals surface area contributed by atoms with Crippen LogP contribution in [0.2, 0.25) is 5.02 Å². The molecule has 2 aromatic carbocycles. The van der Waals surface area contributed by atoms with Crippen LogP contribution in [-0.4, -0.2) is 104 Å². The molecule has 3 atom stereocenters. The van der Waals surface area contributed by atoms with Gasteiger partial charge in [0.05, 0.1) is 6.26 Å². The smallest absolute Gasteiger partial charge is 0.245 e. The molecule has 9 nitrogen and oxygen atoms in total. The van der Waals surface area contributed by atoms with Gasteiger partial charge in [-0.1, -0.05) is 74.2 Å². The minimum Gasteiger partial charge on any atom is -0.344 e. The molecule has 5 rings (SSSR count). The fraction of sp³-hybridized carbons (Fsp3) is 0.611. The molecule has 2 fully saturated rings. The van der Waals surface area contributed by atoms with Crippen LogP contribution >= 0.6 is 11.6 Å². The van der Waals surface area contributed by atoms with E-state index in [-0.39, 0.29) is 24.3 Å². The molecule has 11 heteroatoms. The minimum atomic E-state index is -3.25. The lowest BCUT2D eigenvalue weighted by molar-refractivity contribution is -0.138. The summed E-state index contributed by atoms with van der Waals surface area (Å²) in [5, 5.41) is 3.76. The van der Waals surface area contributed by atoms with E-state index in [4.69, 9.17) is 11.6 Å². The van der Waals surface area contributed by atoms with E-state index in [1.165, 1.54) is 49.5 Å². The van der Waals surface area contributed by atoms with Gasteiger partial charge in [0.25, 0.3) is 0 Å². The maximum atomic E-state index is 14.1. The summed E-state index contributed by atoms with van der Waals surface area (Å²) in [7, 11) is -1.21. The number of benzene rings is 2. The zero-order chi connectivity index (χ0) is 33.6. The second kappa shape index (κ2) is 16.3. The summed E-state index contributed by atoms with van der Waals surface area (Å²) < 4.78 is 26.2. The van der Waals surface area contributed by atoms with Crippen LogP contribution in [-0.2, 0) is 32.6 Å². The van der Waals surface area contributed by atoms with Crippen LogP contribution in [0.5, 0.6) is 0 Å². The van der Waals surface area contributed by atoms with Crippen molar-refractivity contribution < 1.29 is 18.0 Å². The summed E-state index contributed by atoms with van der Waals surface area (Å²) in [4.78, 5) is 34.3.